The van der Waals surface area contributed by atoms with Gasteiger partial charge in [0.1, 0.15) is 11.4 Å². The van der Waals surface area contributed by atoms with Crippen LogP contribution in [-0.4, -0.2) is 34.0 Å². The van der Waals surface area contributed by atoms with Crippen LogP contribution in [-0.2, 0) is 16.0 Å². The summed E-state index contributed by atoms with van der Waals surface area (Å²) in [6.07, 6.45) is 0.673. The molecule has 4 nitrogen and oxygen atoms in total. The van der Waals surface area contributed by atoms with Gasteiger partial charge >= 0.3 is 5.97 Å². The van der Waals surface area contributed by atoms with Gasteiger partial charge in [-0.3, -0.25) is 4.79 Å². The fraction of sp³-hybridized carbons (Fsp3) is 0.467. The smallest absolute Gasteiger partial charge is 0.330 e. The Labute approximate surface area is 127 Å². The van der Waals surface area contributed by atoms with Gasteiger partial charge in [-0.25, -0.2) is 9.18 Å². The Morgan fingerprint density at radius 3 is 2.76 bits per heavy atom. The van der Waals surface area contributed by atoms with Crippen LogP contribution in [0, 0.1) is 11.7 Å². The second-order valence-electron chi connectivity index (χ2n) is 5.38. The summed E-state index contributed by atoms with van der Waals surface area (Å²) in [6.45, 7) is 1.68. The SMILES string of the molecule is CC(Cc1ccccc1F)C(=O)NC1(C(=O)O)CCSC1. The van der Waals surface area contributed by atoms with Crippen LogP contribution in [0.5, 0.6) is 0 Å². The fourth-order valence-corrected chi connectivity index (χ4v) is 3.66. The van der Waals surface area contributed by atoms with Crippen LogP contribution in [0.1, 0.15) is 18.9 Å². The van der Waals surface area contributed by atoms with Gasteiger partial charge in [-0.15, -0.1) is 0 Å². The first-order valence-electron chi connectivity index (χ1n) is 6.81. The molecular weight excluding hydrogens is 293 g/mol. The molecule has 2 atom stereocenters. The topological polar surface area (TPSA) is 66.4 Å². The van der Waals surface area contributed by atoms with Crippen molar-refractivity contribution in [2.45, 2.75) is 25.3 Å². The summed E-state index contributed by atoms with van der Waals surface area (Å²) in [5.74, 6) is -1.08. The Morgan fingerprint density at radius 2 is 2.19 bits per heavy atom. The molecule has 1 fully saturated rings. The van der Waals surface area contributed by atoms with E-state index in [4.69, 9.17) is 0 Å². The van der Waals surface area contributed by atoms with E-state index in [9.17, 15) is 19.1 Å². The number of carboxylic acids is 1. The minimum Gasteiger partial charge on any atom is -0.479 e. The third-order valence-corrected chi connectivity index (χ3v) is 4.91. The molecule has 1 aromatic rings. The standard InChI is InChI=1S/C15H18FNO3S/c1-10(8-11-4-2-3-5-12(11)16)13(18)17-15(14(19)20)6-7-21-9-15/h2-5,10H,6-9H2,1H3,(H,17,18)(H,19,20). The van der Waals surface area contributed by atoms with Crippen molar-refractivity contribution in [2.24, 2.45) is 5.92 Å². The van der Waals surface area contributed by atoms with Crippen LogP contribution in [0.4, 0.5) is 4.39 Å². The molecule has 1 aliphatic rings. The van der Waals surface area contributed by atoms with Gasteiger partial charge in [0.15, 0.2) is 0 Å². The Hall–Kier alpha value is -1.56. The normalized spacial score (nSPS) is 22.8. The van der Waals surface area contributed by atoms with Gasteiger partial charge in [0.05, 0.1) is 0 Å². The number of carbonyl (C=O) groups excluding carboxylic acids is 1. The lowest BCUT2D eigenvalue weighted by Crippen LogP contribution is -2.56. The van der Waals surface area contributed by atoms with Crippen LogP contribution in [0.25, 0.3) is 0 Å². The van der Waals surface area contributed by atoms with Crippen molar-refractivity contribution in [1.29, 1.82) is 0 Å². The van der Waals surface area contributed by atoms with Crippen molar-refractivity contribution in [3.63, 3.8) is 0 Å². The number of aliphatic carboxylic acids is 1. The van der Waals surface area contributed by atoms with Crippen LogP contribution >= 0.6 is 11.8 Å². The minimum absolute atomic E-state index is 0.251. The first-order chi connectivity index (χ1) is 9.94. The lowest BCUT2D eigenvalue weighted by Gasteiger charge is -2.26. The lowest BCUT2D eigenvalue weighted by molar-refractivity contribution is -0.147. The Balaban J connectivity index is 2.03. The number of benzene rings is 1. The van der Waals surface area contributed by atoms with Crippen LogP contribution in [0.3, 0.4) is 0 Å². The van der Waals surface area contributed by atoms with Crippen molar-refractivity contribution in [3.8, 4) is 0 Å². The molecule has 0 bridgehead atoms. The number of rotatable bonds is 5. The summed E-state index contributed by atoms with van der Waals surface area (Å²) in [4.78, 5) is 23.6. The molecule has 0 spiro atoms. The van der Waals surface area contributed by atoms with E-state index < -0.39 is 17.4 Å². The van der Waals surface area contributed by atoms with Crippen molar-refractivity contribution in [2.75, 3.05) is 11.5 Å². The molecule has 0 radical (unpaired) electrons. The van der Waals surface area contributed by atoms with Crippen molar-refractivity contribution < 1.29 is 19.1 Å². The fourth-order valence-electron chi connectivity index (χ4n) is 2.33. The van der Waals surface area contributed by atoms with E-state index in [1.165, 1.54) is 17.8 Å². The predicted octanol–water partition coefficient (Wildman–Crippen LogP) is 2.08. The number of hydrogen-bond donors (Lipinski definition) is 2. The third kappa shape index (κ3) is 3.56. The molecule has 1 aliphatic heterocycles. The first-order valence-corrected chi connectivity index (χ1v) is 7.97. The number of carboxylic acid groups (broad SMARTS) is 1. The highest BCUT2D eigenvalue weighted by Crippen LogP contribution is 2.28. The molecule has 1 saturated heterocycles. The molecule has 1 amide bonds. The molecule has 114 valence electrons. The Kier molecular flexibility index (Phi) is 4.88. The third-order valence-electron chi connectivity index (χ3n) is 3.73. The first kappa shape index (κ1) is 15.8. The number of amides is 1. The maximum absolute atomic E-state index is 13.6. The maximum atomic E-state index is 13.6. The zero-order valence-corrected chi connectivity index (χ0v) is 12.6. The Morgan fingerprint density at radius 1 is 1.48 bits per heavy atom. The Bertz CT molecular complexity index is 543. The molecule has 2 N–H and O–H groups in total. The van der Waals surface area contributed by atoms with E-state index >= 15 is 0 Å². The van der Waals surface area contributed by atoms with E-state index in [2.05, 4.69) is 5.32 Å². The van der Waals surface area contributed by atoms with E-state index in [1.54, 1.807) is 25.1 Å². The zero-order chi connectivity index (χ0) is 15.5. The molecule has 6 heteroatoms. The van der Waals surface area contributed by atoms with Crippen molar-refractivity contribution in [3.05, 3.63) is 35.6 Å². The second-order valence-corrected chi connectivity index (χ2v) is 6.48. The van der Waals surface area contributed by atoms with Gasteiger partial charge < -0.3 is 10.4 Å². The largest absolute Gasteiger partial charge is 0.479 e. The average Bonchev–Trinajstić information content (AvgIpc) is 2.91. The molecular formula is C15H18FNO3S. The van der Waals surface area contributed by atoms with Gasteiger partial charge in [0.25, 0.3) is 0 Å². The number of hydrogen-bond acceptors (Lipinski definition) is 3. The van der Waals surface area contributed by atoms with E-state index in [-0.39, 0.29) is 18.1 Å². The van der Waals surface area contributed by atoms with Gasteiger partial charge in [0, 0.05) is 11.7 Å². The minimum atomic E-state index is -1.18. The van der Waals surface area contributed by atoms with Crippen LogP contribution in [0.2, 0.25) is 0 Å². The van der Waals surface area contributed by atoms with Gasteiger partial charge in [0.2, 0.25) is 5.91 Å². The highest BCUT2D eigenvalue weighted by Gasteiger charge is 2.43. The highest BCUT2D eigenvalue weighted by atomic mass is 32.2. The number of carbonyl (C=O) groups is 2. The molecule has 0 aromatic heterocycles. The van der Waals surface area contributed by atoms with Gasteiger partial charge in [-0.1, -0.05) is 25.1 Å². The summed E-state index contributed by atoms with van der Waals surface area (Å²) in [6, 6.07) is 6.30. The highest BCUT2D eigenvalue weighted by molar-refractivity contribution is 7.99. The molecule has 0 aliphatic carbocycles. The number of thioether (sulfide) groups is 1. The van der Waals surface area contributed by atoms with Gasteiger partial charge in [-0.2, -0.15) is 11.8 Å². The van der Waals surface area contributed by atoms with E-state index in [0.717, 1.165) is 0 Å². The summed E-state index contributed by atoms with van der Waals surface area (Å²) < 4.78 is 13.6. The average molecular weight is 311 g/mol. The quantitative estimate of drug-likeness (QED) is 0.874. The maximum Gasteiger partial charge on any atom is 0.330 e. The summed E-state index contributed by atoms with van der Waals surface area (Å²) in [5, 5.41) is 12.0. The molecule has 1 aromatic carbocycles. The van der Waals surface area contributed by atoms with Crippen LogP contribution < -0.4 is 5.32 Å². The molecule has 1 heterocycles. The van der Waals surface area contributed by atoms with Crippen molar-refractivity contribution >= 4 is 23.6 Å². The summed E-state index contributed by atoms with van der Waals surface area (Å²) >= 11 is 1.51. The summed E-state index contributed by atoms with van der Waals surface area (Å²) in [7, 11) is 0. The molecule has 2 unspecified atom stereocenters. The van der Waals surface area contributed by atoms with Crippen LogP contribution in [0.15, 0.2) is 24.3 Å². The molecule has 2 rings (SSSR count). The summed E-state index contributed by atoms with van der Waals surface area (Å²) in [5.41, 5.74) is -0.712. The van der Waals surface area contributed by atoms with E-state index in [0.29, 0.717) is 23.5 Å². The van der Waals surface area contributed by atoms with E-state index in [1.807, 2.05) is 0 Å². The second kappa shape index (κ2) is 6.47. The van der Waals surface area contributed by atoms with Gasteiger partial charge in [-0.05, 0) is 30.2 Å². The predicted molar refractivity (Wildman–Crippen MR) is 79.7 cm³/mol. The number of nitrogens with one attached hydrogen (secondary N) is 1. The van der Waals surface area contributed by atoms with Crippen molar-refractivity contribution in [1.82, 2.24) is 5.32 Å². The number of halogens is 1. The zero-order valence-electron chi connectivity index (χ0n) is 11.8. The monoisotopic (exact) mass is 311 g/mol. The molecule has 21 heavy (non-hydrogen) atoms. The molecule has 0 saturated carbocycles. The lowest BCUT2D eigenvalue weighted by atomic mass is 9.95.